The minimum Gasteiger partial charge on any atom is -0.748 e. The fourth-order valence-electron chi connectivity index (χ4n) is 2.51. The molecule has 0 atom stereocenters. The van der Waals surface area contributed by atoms with Crippen molar-refractivity contribution >= 4 is 5.57 Å². The Kier molecular flexibility index (Phi) is 8.58. The fraction of sp³-hybridized carbons (Fsp3) is 0.368. The predicted octanol–water partition coefficient (Wildman–Crippen LogP) is 4.83. The van der Waals surface area contributed by atoms with Crippen LogP contribution in [0.3, 0.4) is 0 Å². The van der Waals surface area contributed by atoms with E-state index in [4.69, 9.17) is 5.73 Å². The number of rotatable bonds is 4. The second-order valence-electron chi connectivity index (χ2n) is 5.86. The van der Waals surface area contributed by atoms with Gasteiger partial charge in [0.15, 0.2) is 0 Å². The molecule has 0 saturated carbocycles. The predicted molar refractivity (Wildman–Crippen MR) is 89.7 cm³/mol. The van der Waals surface area contributed by atoms with Crippen molar-refractivity contribution in [3.63, 3.8) is 0 Å². The van der Waals surface area contributed by atoms with Gasteiger partial charge in [0.05, 0.1) is 0 Å². The molecule has 0 aliphatic heterocycles. The van der Waals surface area contributed by atoms with Crippen LogP contribution in [0.4, 0.5) is 0 Å². The van der Waals surface area contributed by atoms with Gasteiger partial charge >= 0.3 is 0 Å². The summed E-state index contributed by atoms with van der Waals surface area (Å²) in [6, 6.07) is 18.2. The van der Waals surface area contributed by atoms with Crippen molar-refractivity contribution in [2.24, 2.45) is 17.6 Å². The third-order valence-electron chi connectivity index (χ3n) is 4.00. The van der Waals surface area contributed by atoms with Gasteiger partial charge in [0, 0.05) is 22.6 Å². The van der Waals surface area contributed by atoms with E-state index in [9.17, 15) is 0 Å². The summed E-state index contributed by atoms with van der Waals surface area (Å²) in [4.78, 5) is 0. The molecule has 2 heteroatoms. The number of hydrogen-bond donors (Lipinski definition) is 1. The van der Waals surface area contributed by atoms with Crippen LogP contribution in [-0.2, 0) is 17.1 Å². The Morgan fingerprint density at radius 2 is 1.29 bits per heavy atom. The molecule has 0 aromatic heterocycles. The summed E-state index contributed by atoms with van der Waals surface area (Å²) < 4.78 is 0. The monoisotopic (exact) mass is 325 g/mol. The molecular formula is C19H27FeN-6. The number of hydrogen-bond acceptors (Lipinski definition) is 1. The Bertz CT molecular complexity index is 452. The maximum atomic E-state index is 6.52. The van der Waals surface area contributed by atoms with E-state index in [0.29, 0.717) is 11.8 Å². The van der Waals surface area contributed by atoms with E-state index in [0.717, 1.165) is 5.57 Å². The van der Waals surface area contributed by atoms with Gasteiger partial charge in [-0.2, -0.15) is 18.7 Å². The van der Waals surface area contributed by atoms with E-state index in [-0.39, 0.29) is 22.6 Å². The molecule has 0 heterocycles. The Morgan fingerprint density at radius 3 is 1.57 bits per heavy atom. The van der Waals surface area contributed by atoms with Crippen LogP contribution in [0.5, 0.6) is 0 Å². The molecule has 0 spiro atoms. The molecule has 0 fully saturated rings. The molecule has 0 bridgehead atoms. The van der Waals surface area contributed by atoms with Gasteiger partial charge in [-0.25, -0.2) is 0 Å². The summed E-state index contributed by atoms with van der Waals surface area (Å²) in [6.45, 7) is 12.8. The maximum Gasteiger partial charge on any atom is 0.0286 e. The average Bonchev–Trinajstić information content (AvgIpc) is 3.10. The Morgan fingerprint density at radius 1 is 0.952 bits per heavy atom. The van der Waals surface area contributed by atoms with Crippen molar-refractivity contribution in [3.05, 3.63) is 66.7 Å². The Labute approximate surface area is 140 Å². The second kappa shape index (κ2) is 9.04. The molecule has 2 rings (SSSR count). The third-order valence-corrected chi connectivity index (χ3v) is 4.00. The molecule has 2 aromatic rings. The van der Waals surface area contributed by atoms with Gasteiger partial charge in [-0.05, 0) is 11.8 Å². The van der Waals surface area contributed by atoms with Crippen molar-refractivity contribution in [3.8, 4) is 0 Å². The first-order chi connectivity index (χ1) is 9.40. The molecule has 1 nitrogen and oxygen atoms in total. The summed E-state index contributed by atoms with van der Waals surface area (Å²) >= 11 is 0. The van der Waals surface area contributed by atoms with E-state index in [1.165, 1.54) is 5.56 Å². The van der Waals surface area contributed by atoms with E-state index < -0.39 is 0 Å². The molecule has 122 valence electrons. The van der Waals surface area contributed by atoms with E-state index in [1.807, 2.05) is 42.5 Å². The van der Waals surface area contributed by atoms with Crippen LogP contribution in [0.1, 0.15) is 33.3 Å². The van der Waals surface area contributed by atoms with Crippen molar-refractivity contribution in [2.45, 2.75) is 33.2 Å². The third kappa shape index (κ3) is 5.00. The molecule has 0 amide bonds. The Hall–Kier alpha value is -1.08. The molecule has 0 aliphatic rings. The molecule has 2 aromatic carbocycles. The zero-order valence-electron chi connectivity index (χ0n) is 13.5. The van der Waals surface area contributed by atoms with Crippen molar-refractivity contribution in [1.29, 1.82) is 0 Å². The summed E-state index contributed by atoms with van der Waals surface area (Å²) in [5.41, 5.74) is 8.43. The quantitative estimate of drug-likeness (QED) is 0.632. The first kappa shape index (κ1) is 19.9. The van der Waals surface area contributed by atoms with Crippen LogP contribution in [0.2, 0.25) is 0 Å². The first-order valence-electron chi connectivity index (χ1n) is 7.27. The standard InChI is InChI=1S/C14H22N.C5H5.Fe/c1-10(2)14(15,11(3)4)12(5)13-8-6-7-9-13;1-2-4-5-3-1;/h6-11H,5,15H2,1-4H3;1-5H;/q-1;-5;. The molecule has 0 unspecified atom stereocenters. The largest absolute Gasteiger partial charge is 0.748 e. The van der Waals surface area contributed by atoms with Gasteiger partial charge in [-0.1, -0.05) is 27.7 Å². The summed E-state index contributed by atoms with van der Waals surface area (Å²) in [7, 11) is 0. The summed E-state index contributed by atoms with van der Waals surface area (Å²) in [5.74, 6) is 0.778. The van der Waals surface area contributed by atoms with Crippen LogP contribution in [-0.4, -0.2) is 5.54 Å². The van der Waals surface area contributed by atoms with Crippen LogP contribution < -0.4 is 5.73 Å². The smallest absolute Gasteiger partial charge is 0.0286 e. The molecule has 0 aliphatic carbocycles. The van der Waals surface area contributed by atoms with Gasteiger partial charge in [0.25, 0.3) is 0 Å². The van der Waals surface area contributed by atoms with Gasteiger partial charge in [-0.15, -0.1) is 23.3 Å². The minimum atomic E-state index is -0.311. The van der Waals surface area contributed by atoms with E-state index >= 15 is 0 Å². The van der Waals surface area contributed by atoms with Crippen LogP contribution in [0.15, 0.2) is 61.2 Å². The van der Waals surface area contributed by atoms with Gasteiger partial charge in [-0.3, -0.25) is 0 Å². The molecule has 21 heavy (non-hydrogen) atoms. The zero-order valence-corrected chi connectivity index (χ0v) is 14.6. The summed E-state index contributed by atoms with van der Waals surface area (Å²) in [5, 5.41) is 0. The van der Waals surface area contributed by atoms with Gasteiger partial charge in [0.1, 0.15) is 0 Å². The number of nitrogens with two attached hydrogens (primary N) is 1. The van der Waals surface area contributed by atoms with Crippen molar-refractivity contribution in [1.82, 2.24) is 0 Å². The van der Waals surface area contributed by atoms with Crippen molar-refractivity contribution in [2.75, 3.05) is 0 Å². The van der Waals surface area contributed by atoms with Crippen LogP contribution in [0.25, 0.3) is 5.57 Å². The van der Waals surface area contributed by atoms with E-state index in [2.05, 4.69) is 46.4 Å². The van der Waals surface area contributed by atoms with Crippen LogP contribution in [0, 0.1) is 11.8 Å². The Balaban J connectivity index is 0.000000562. The summed E-state index contributed by atoms with van der Waals surface area (Å²) in [6.07, 6.45) is 0. The SMILES string of the molecule is C=C([c-]1cccc1)C(N)(C(C)C)C(C)C.[Fe].[cH-]1[cH-][cH-][cH-][cH-]1. The average molecular weight is 325 g/mol. The second-order valence-corrected chi connectivity index (χ2v) is 5.86. The molecular weight excluding hydrogens is 298 g/mol. The molecule has 0 saturated heterocycles. The van der Waals surface area contributed by atoms with Gasteiger partial charge < -0.3 is 36.1 Å². The normalized spacial score (nSPS) is 10.8. The topological polar surface area (TPSA) is 26.0 Å². The first-order valence-corrected chi connectivity index (χ1v) is 7.27. The van der Waals surface area contributed by atoms with Crippen molar-refractivity contribution < 1.29 is 17.1 Å². The fourth-order valence-corrected chi connectivity index (χ4v) is 2.51. The zero-order chi connectivity index (χ0) is 15.2. The van der Waals surface area contributed by atoms with Gasteiger partial charge in [0.2, 0.25) is 0 Å². The maximum absolute atomic E-state index is 6.52. The minimum absolute atomic E-state index is 0. The van der Waals surface area contributed by atoms with E-state index in [1.54, 1.807) is 0 Å². The molecule has 2 N–H and O–H groups in total. The molecule has 0 radical (unpaired) electrons. The van der Waals surface area contributed by atoms with Crippen LogP contribution >= 0.6 is 0 Å².